The predicted octanol–water partition coefficient (Wildman–Crippen LogP) is 8.86. The van der Waals surface area contributed by atoms with Crippen molar-refractivity contribution in [1.29, 1.82) is 0 Å². The van der Waals surface area contributed by atoms with Crippen LogP contribution in [0.5, 0.6) is 11.5 Å². The third kappa shape index (κ3) is 3.82. The Balaban J connectivity index is 0.941. The SMILES string of the molecule is c1ccc2c(c1)-c1ccc(OCCCOc3ccc4c(c3)C3(SCCS3)c3ccccc3-4)cc1C21SCCS1. The Morgan fingerprint density at radius 3 is 1.36 bits per heavy atom. The van der Waals surface area contributed by atoms with Gasteiger partial charge in [-0.15, -0.1) is 47.0 Å². The van der Waals surface area contributed by atoms with Gasteiger partial charge in [-0.05, 0) is 68.8 Å². The lowest BCUT2D eigenvalue weighted by Gasteiger charge is -2.25. The Hall–Kier alpha value is -2.12. The van der Waals surface area contributed by atoms with Crippen LogP contribution in [0, 0.1) is 0 Å². The second kappa shape index (κ2) is 9.76. The molecule has 196 valence electrons. The van der Waals surface area contributed by atoms with Crippen LogP contribution in [0.2, 0.25) is 0 Å². The zero-order chi connectivity index (χ0) is 25.9. The molecule has 0 amide bonds. The molecule has 2 nitrogen and oxygen atoms in total. The first-order valence-electron chi connectivity index (χ1n) is 13.6. The molecule has 2 aliphatic heterocycles. The lowest BCUT2D eigenvalue weighted by molar-refractivity contribution is 0.247. The van der Waals surface area contributed by atoms with Gasteiger partial charge in [0.1, 0.15) is 19.7 Å². The third-order valence-corrected chi connectivity index (χ3v) is 15.0. The van der Waals surface area contributed by atoms with Gasteiger partial charge < -0.3 is 9.47 Å². The largest absolute Gasteiger partial charge is 0.493 e. The van der Waals surface area contributed by atoms with Crippen molar-refractivity contribution in [2.24, 2.45) is 0 Å². The average molecular weight is 585 g/mol. The Bertz CT molecular complexity index is 1450. The molecule has 4 aromatic rings. The summed E-state index contributed by atoms with van der Waals surface area (Å²) in [7, 11) is 0. The number of hydrogen-bond donors (Lipinski definition) is 0. The van der Waals surface area contributed by atoms with E-state index in [0.717, 1.165) is 17.9 Å². The van der Waals surface area contributed by atoms with Crippen molar-refractivity contribution in [3.63, 3.8) is 0 Å². The van der Waals surface area contributed by atoms with E-state index in [2.05, 4.69) is 132 Å². The van der Waals surface area contributed by atoms with Crippen LogP contribution in [0.1, 0.15) is 28.7 Å². The molecule has 0 unspecified atom stereocenters. The van der Waals surface area contributed by atoms with Crippen molar-refractivity contribution >= 4 is 47.0 Å². The smallest absolute Gasteiger partial charge is 0.119 e. The summed E-state index contributed by atoms with van der Waals surface area (Å²) in [6.07, 6.45) is 0.845. The summed E-state index contributed by atoms with van der Waals surface area (Å²) in [5.74, 6) is 6.67. The number of ether oxygens (including phenoxy) is 2. The minimum absolute atomic E-state index is 0.0227. The zero-order valence-corrected chi connectivity index (χ0v) is 24.7. The molecule has 39 heavy (non-hydrogen) atoms. The molecule has 0 radical (unpaired) electrons. The van der Waals surface area contributed by atoms with Crippen LogP contribution in [0.3, 0.4) is 0 Å². The van der Waals surface area contributed by atoms with Crippen LogP contribution in [-0.4, -0.2) is 36.2 Å². The van der Waals surface area contributed by atoms with E-state index in [9.17, 15) is 0 Å². The number of hydrogen-bond acceptors (Lipinski definition) is 6. The van der Waals surface area contributed by atoms with Gasteiger partial charge in [0.25, 0.3) is 0 Å². The lowest BCUT2D eigenvalue weighted by atomic mass is 10.1. The van der Waals surface area contributed by atoms with E-state index in [4.69, 9.17) is 9.47 Å². The molecular weight excluding hydrogens is 557 g/mol. The van der Waals surface area contributed by atoms with E-state index in [1.807, 2.05) is 0 Å². The Morgan fingerprint density at radius 1 is 0.487 bits per heavy atom. The van der Waals surface area contributed by atoms with E-state index < -0.39 is 0 Å². The molecule has 4 aromatic carbocycles. The summed E-state index contributed by atoms with van der Waals surface area (Å²) >= 11 is 8.29. The van der Waals surface area contributed by atoms with Gasteiger partial charge in [-0.3, -0.25) is 0 Å². The molecule has 0 bridgehead atoms. The summed E-state index contributed by atoms with van der Waals surface area (Å²) in [5, 5.41) is 0. The standard InChI is InChI=1S/C33H28O2S4/c1-3-8-28-24(6-1)26-12-10-22(20-30(26)32(28)36-16-17-37-32)34-14-5-15-35-23-11-13-27-25-7-2-4-9-29(25)33(31(27)21-23)38-18-19-39-33/h1-4,6-13,20-21H,5,14-19H2. The van der Waals surface area contributed by atoms with E-state index in [1.54, 1.807) is 0 Å². The van der Waals surface area contributed by atoms with Crippen LogP contribution in [-0.2, 0) is 8.16 Å². The minimum atomic E-state index is 0.0227. The van der Waals surface area contributed by atoms with Crippen LogP contribution in [0.25, 0.3) is 22.3 Å². The molecule has 4 aliphatic rings. The summed E-state index contributed by atoms with van der Waals surface area (Å²) in [5.41, 5.74) is 11.2. The predicted molar refractivity (Wildman–Crippen MR) is 171 cm³/mol. The zero-order valence-electron chi connectivity index (χ0n) is 21.5. The molecule has 2 aliphatic carbocycles. The number of fused-ring (bicyclic) bond motifs is 10. The molecule has 0 saturated carbocycles. The molecule has 2 fully saturated rings. The fourth-order valence-electron chi connectivity index (χ4n) is 6.43. The number of rotatable bonds is 6. The van der Waals surface area contributed by atoms with Gasteiger partial charge in [-0.25, -0.2) is 0 Å². The van der Waals surface area contributed by atoms with Gasteiger partial charge in [0, 0.05) is 29.4 Å². The van der Waals surface area contributed by atoms with Crippen LogP contribution in [0.15, 0.2) is 84.9 Å². The van der Waals surface area contributed by atoms with Gasteiger partial charge in [0.15, 0.2) is 0 Å². The second-order valence-electron chi connectivity index (χ2n) is 10.2. The quantitative estimate of drug-likeness (QED) is 0.209. The van der Waals surface area contributed by atoms with Gasteiger partial charge >= 0.3 is 0 Å². The van der Waals surface area contributed by atoms with Crippen LogP contribution in [0.4, 0.5) is 0 Å². The molecular formula is C33H28O2S4. The summed E-state index contributed by atoms with van der Waals surface area (Å²) in [6, 6.07) is 31.2. The number of thioether (sulfide) groups is 4. The van der Waals surface area contributed by atoms with Crippen LogP contribution < -0.4 is 9.47 Å². The minimum Gasteiger partial charge on any atom is -0.493 e. The maximum Gasteiger partial charge on any atom is 0.119 e. The summed E-state index contributed by atoms with van der Waals surface area (Å²) < 4.78 is 12.6. The Morgan fingerprint density at radius 2 is 0.897 bits per heavy atom. The molecule has 0 atom stereocenters. The maximum atomic E-state index is 6.26. The topological polar surface area (TPSA) is 18.5 Å². The molecule has 2 spiro atoms. The molecule has 0 N–H and O–H groups in total. The van der Waals surface area contributed by atoms with E-state index >= 15 is 0 Å². The van der Waals surface area contributed by atoms with Crippen molar-refractivity contribution in [2.45, 2.75) is 14.6 Å². The molecule has 0 aromatic heterocycles. The fourth-order valence-corrected chi connectivity index (χ4v) is 13.2. The van der Waals surface area contributed by atoms with Crippen molar-refractivity contribution in [1.82, 2.24) is 0 Å². The highest BCUT2D eigenvalue weighted by Crippen LogP contribution is 2.65. The average Bonchev–Trinajstić information content (AvgIpc) is 3.77. The number of benzene rings is 4. The Kier molecular flexibility index (Phi) is 6.17. The van der Waals surface area contributed by atoms with Crippen LogP contribution >= 0.6 is 47.0 Å². The highest BCUT2D eigenvalue weighted by atomic mass is 32.2. The monoisotopic (exact) mass is 584 g/mol. The van der Waals surface area contributed by atoms with Crippen molar-refractivity contribution in [3.8, 4) is 33.8 Å². The maximum absolute atomic E-state index is 6.26. The van der Waals surface area contributed by atoms with Crippen molar-refractivity contribution in [2.75, 3.05) is 36.2 Å². The fraction of sp³-hybridized carbons (Fsp3) is 0.273. The lowest BCUT2D eigenvalue weighted by Crippen LogP contribution is -2.13. The van der Waals surface area contributed by atoms with E-state index in [1.165, 1.54) is 67.5 Å². The van der Waals surface area contributed by atoms with E-state index in [-0.39, 0.29) is 8.16 Å². The molecule has 2 heterocycles. The highest BCUT2D eigenvalue weighted by Gasteiger charge is 2.48. The first-order valence-corrected chi connectivity index (χ1v) is 17.5. The summed E-state index contributed by atoms with van der Waals surface area (Å²) in [6.45, 7) is 1.29. The Labute approximate surface area is 247 Å². The second-order valence-corrected chi connectivity index (χ2v) is 15.9. The van der Waals surface area contributed by atoms with E-state index in [0.29, 0.717) is 13.2 Å². The third-order valence-electron chi connectivity index (χ3n) is 8.05. The first kappa shape index (κ1) is 24.7. The molecule has 8 rings (SSSR count). The van der Waals surface area contributed by atoms with Gasteiger partial charge in [0.05, 0.1) is 13.2 Å². The van der Waals surface area contributed by atoms with Gasteiger partial charge in [0.2, 0.25) is 0 Å². The van der Waals surface area contributed by atoms with Crippen molar-refractivity contribution in [3.05, 3.63) is 107 Å². The van der Waals surface area contributed by atoms with Crippen molar-refractivity contribution < 1.29 is 9.47 Å². The highest BCUT2D eigenvalue weighted by molar-refractivity contribution is 8.21. The molecule has 2 saturated heterocycles. The normalized spacial score (nSPS) is 18.7. The van der Waals surface area contributed by atoms with Gasteiger partial charge in [-0.1, -0.05) is 60.7 Å². The molecule has 6 heteroatoms. The first-order chi connectivity index (χ1) is 19.3. The summed E-state index contributed by atoms with van der Waals surface area (Å²) in [4.78, 5) is 0. The van der Waals surface area contributed by atoms with Gasteiger partial charge in [-0.2, -0.15) is 0 Å².